The van der Waals surface area contributed by atoms with Crippen LogP contribution in [0.15, 0.2) is 34.1 Å². The quantitative estimate of drug-likeness (QED) is 0.809. The molecule has 2 rings (SSSR count). The van der Waals surface area contributed by atoms with Gasteiger partial charge >= 0.3 is 0 Å². The molecule has 0 aliphatic heterocycles. The summed E-state index contributed by atoms with van der Waals surface area (Å²) in [6.45, 7) is 1.94. The maximum Gasteiger partial charge on any atom is 0.169 e. The van der Waals surface area contributed by atoms with E-state index in [1.165, 1.54) is 0 Å². The molecule has 0 atom stereocenters. The molecule has 0 saturated heterocycles. The average Bonchev–Trinajstić information content (AvgIpc) is 2.64. The Hall–Kier alpha value is -1.000. The third-order valence-electron chi connectivity index (χ3n) is 2.18. The number of rotatable bonds is 3. The van der Waals surface area contributed by atoms with E-state index in [9.17, 15) is 4.79 Å². The molecule has 0 aliphatic carbocycles. The molecule has 0 unspecified atom stereocenters. The first-order valence-corrected chi connectivity index (χ1v) is 6.53. The molecule has 0 spiro atoms. The van der Waals surface area contributed by atoms with E-state index in [-0.39, 0.29) is 5.78 Å². The summed E-state index contributed by atoms with van der Waals surface area (Å²) in [5.74, 6) is 0.0952. The van der Waals surface area contributed by atoms with Gasteiger partial charge in [0.05, 0.1) is 17.1 Å². The van der Waals surface area contributed by atoms with Gasteiger partial charge in [0.1, 0.15) is 0 Å². The number of hydrogen-bond donors (Lipinski definition) is 0. The van der Waals surface area contributed by atoms with E-state index in [1.54, 1.807) is 11.3 Å². The first kappa shape index (κ1) is 11.5. The molecule has 1 aromatic carbocycles. The predicted molar refractivity (Wildman–Crippen MR) is 69.0 cm³/mol. The number of Topliss-reactive ketones (excluding diaryl/α,β-unsaturated/α-hetero) is 1. The number of nitrogens with zero attached hydrogens (tertiary/aromatic N) is 1. The van der Waals surface area contributed by atoms with Crippen LogP contribution in [0.4, 0.5) is 0 Å². The van der Waals surface area contributed by atoms with Crippen molar-refractivity contribution in [3.8, 4) is 0 Å². The zero-order valence-corrected chi connectivity index (χ0v) is 11.1. The van der Waals surface area contributed by atoms with Crippen molar-refractivity contribution in [2.24, 2.45) is 0 Å². The van der Waals surface area contributed by atoms with Crippen LogP contribution in [-0.4, -0.2) is 10.8 Å². The normalized spacial score (nSPS) is 10.4. The number of thiazole rings is 1. The van der Waals surface area contributed by atoms with Crippen molar-refractivity contribution in [3.63, 3.8) is 0 Å². The molecule has 0 bridgehead atoms. The van der Waals surface area contributed by atoms with E-state index >= 15 is 0 Å². The van der Waals surface area contributed by atoms with Gasteiger partial charge in [-0.1, -0.05) is 34.1 Å². The van der Waals surface area contributed by atoms with E-state index in [0.29, 0.717) is 12.0 Å². The summed E-state index contributed by atoms with van der Waals surface area (Å²) in [6.07, 6.45) is 0.368. The van der Waals surface area contributed by atoms with Crippen LogP contribution < -0.4 is 0 Å². The van der Waals surface area contributed by atoms with Gasteiger partial charge in [-0.05, 0) is 13.0 Å². The minimum Gasteiger partial charge on any atom is -0.294 e. The van der Waals surface area contributed by atoms with Gasteiger partial charge < -0.3 is 0 Å². The summed E-state index contributed by atoms with van der Waals surface area (Å²) < 4.78 is 0.840. The summed E-state index contributed by atoms with van der Waals surface area (Å²) in [7, 11) is 0. The second kappa shape index (κ2) is 4.89. The van der Waals surface area contributed by atoms with E-state index in [2.05, 4.69) is 20.9 Å². The molecule has 0 amide bonds. The summed E-state index contributed by atoms with van der Waals surface area (Å²) >= 11 is 4.95. The summed E-state index contributed by atoms with van der Waals surface area (Å²) in [6, 6.07) is 7.46. The number of hydrogen-bond acceptors (Lipinski definition) is 3. The second-order valence-electron chi connectivity index (χ2n) is 3.44. The molecule has 0 N–H and O–H groups in total. The van der Waals surface area contributed by atoms with Gasteiger partial charge in [0.15, 0.2) is 5.78 Å². The Morgan fingerprint density at radius 1 is 1.44 bits per heavy atom. The lowest BCUT2D eigenvalue weighted by atomic mass is 10.1. The van der Waals surface area contributed by atoms with E-state index in [4.69, 9.17) is 0 Å². The standard InChI is InChI=1S/C12H10BrNOS/c1-8-14-9(7-16-8)6-12(15)10-4-2-3-5-11(10)13/h2-5,7H,6H2,1H3. The van der Waals surface area contributed by atoms with E-state index in [0.717, 1.165) is 15.2 Å². The fraction of sp³-hybridized carbons (Fsp3) is 0.167. The van der Waals surface area contributed by atoms with Gasteiger partial charge in [-0.25, -0.2) is 4.98 Å². The Morgan fingerprint density at radius 2 is 2.19 bits per heavy atom. The Morgan fingerprint density at radius 3 is 2.81 bits per heavy atom. The van der Waals surface area contributed by atoms with E-state index < -0.39 is 0 Å². The number of carbonyl (C=O) groups excluding carboxylic acids is 1. The molecule has 0 aliphatic rings. The Balaban J connectivity index is 2.18. The first-order valence-electron chi connectivity index (χ1n) is 4.85. The highest BCUT2D eigenvalue weighted by molar-refractivity contribution is 9.10. The lowest BCUT2D eigenvalue weighted by Gasteiger charge is -2.01. The monoisotopic (exact) mass is 295 g/mol. The van der Waals surface area contributed by atoms with Crippen molar-refractivity contribution < 1.29 is 4.79 Å². The Bertz CT molecular complexity index is 521. The van der Waals surface area contributed by atoms with Crippen molar-refractivity contribution in [1.82, 2.24) is 4.98 Å². The number of aromatic nitrogens is 1. The zero-order valence-electron chi connectivity index (χ0n) is 8.74. The van der Waals surface area contributed by atoms with Gasteiger partial charge in [-0.3, -0.25) is 4.79 Å². The van der Waals surface area contributed by atoms with Crippen molar-refractivity contribution in [2.75, 3.05) is 0 Å². The van der Waals surface area contributed by atoms with Crippen LogP contribution in [0, 0.1) is 6.92 Å². The van der Waals surface area contributed by atoms with Gasteiger partial charge in [0.25, 0.3) is 0 Å². The van der Waals surface area contributed by atoms with Crippen molar-refractivity contribution in [1.29, 1.82) is 0 Å². The highest BCUT2D eigenvalue weighted by Crippen LogP contribution is 2.18. The topological polar surface area (TPSA) is 30.0 Å². The number of halogens is 1. The number of ketones is 1. The molecule has 82 valence electrons. The fourth-order valence-electron chi connectivity index (χ4n) is 1.44. The molecule has 0 saturated carbocycles. The van der Waals surface area contributed by atoms with Gasteiger partial charge in [-0.2, -0.15) is 0 Å². The number of aryl methyl sites for hydroxylation is 1. The lowest BCUT2D eigenvalue weighted by Crippen LogP contribution is -2.04. The highest BCUT2D eigenvalue weighted by Gasteiger charge is 2.11. The molecule has 2 aromatic rings. The maximum atomic E-state index is 12.0. The van der Waals surface area contributed by atoms with Crippen LogP contribution in [0.1, 0.15) is 21.1 Å². The molecular formula is C12H10BrNOS. The minimum absolute atomic E-state index is 0.0952. The smallest absolute Gasteiger partial charge is 0.169 e. The summed E-state index contributed by atoms with van der Waals surface area (Å²) in [5.41, 5.74) is 1.57. The second-order valence-corrected chi connectivity index (χ2v) is 5.35. The summed E-state index contributed by atoms with van der Waals surface area (Å²) in [5, 5.41) is 2.93. The molecular weight excluding hydrogens is 286 g/mol. The third-order valence-corrected chi connectivity index (χ3v) is 3.70. The Labute approximate surface area is 106 Å². The largest absolute Gasteiger partial charge is 0.294 e. The molecule has 4 heteroatoms. The van der Waals surface area contributed by atoms with Crippen molar-refractivity contribution in [2.45, 2.75) is 13.3 Å². The average molecular weight is 296 g/mol. The molecule has 0 radical (unpaired) electrons. The Kier molecular flexibility index (Phi) is 3.51. The van der Waals surface area contributed by atoms with Crippen LogP contribution in [0.25, 0.3) is 0 Å². The van der Waals surface area contributed by atoms with Crippen molar-refractivity contribution >= 4 is 33.0 Å². The van der Waals surface area contributed by atoms with E-state index in [1.807, 2.05) is 36.6 Å². The third kappa shape index (κ3) is 2.57. The molecule has 1 heterocycles. The number of carbonyl (C=O) groups is 1. The molecule has 2 nitrogen and oxygen atoms in total. The van der Waals surface area contributed by atoms with Crippen LogP contribution >= 0.6 is 27.3 Å². The van der Waals surface area contributed by atoms with Crippen molar-refractivity contribution in [3.05, 3.63) is 50.4 Å². The van der Waals surface area contributed by atoms with Gasteiger partial charge in [-0.15, -0.1) is 11.3 Å². The lowest BCUT2D eigenvalue weighted by molar-refractivity contribution is 0.0991. The SMILES string of the molecule is Cc1nc(CC(=O)c2ccccc2Br)cs1. The first-order chi connectivity index (χ1) is 7.66. The predicted octanol–water partition coefficient (Wildman–Crippen LogP) is 3.64. The maximum absolute atomic E-state index is 12.0. The van der Waals surface area contributed by atoms with Crippen LogP contribution in [-0.2, 0) is 6.42 Å². The van der Waals surface area contributed by atoms with Crippen LogP contribution in [0.3, 0.4) is 0 Å². The van der Waals surface area contributed by atoms with Crippen LogP contribution in [0.2, 0.25) is 0 Å². The zero-order chi connectivity index (χ0) is 11.5. The summed E-state index contributed by atoms with van der Waals surface area (Å²) in [4.78, 5) is 16.3. The molecule has 0 fully saturated rings. The highest BCUT2D eigenvalue weighted by atomic mass is 79.9. The molecule has 1 aromatic heterocycles. The van der Waals surface area contributed by atoms with Gasteiger partial charge in [0, 0.05) is 15.4 Å². The van der Waals surface area contributed by atoms with Crippen LogP contribution in [0.5, 0.6) is 0 Å². The minimum atomic E-state index is 0.0952. The number of benzene rings is 1. The van der Waals surface area contributed by atoms with Gasteiger partial charge in [0.2, 0.25) is 0 Å². The fourth-order valence-corrected chi connectivity index (χ4v) is 2.55. The molecule has 16 heavy (non-hydrogen) atoms.